The van der Waals surface area contributed by atoms with Crippen molar-refractivity contribution in [3.63, 3.8) is 0 Å². The van der Waals surface area contributed by atoms with Gasteiger partial charge < -0.3 is 15.2 Å². The number of rotatable bonds is 7. The van der Waals surface area contributed by atoms with Crippen LogP contribution in [0.5, 0.6) is 0 Å². The number of carboxylic acids is 1. The van der Waals surface area contributed by atoms with Crippen molar-refractivity contribution in [3.8, 4) is 0 Å². The topological polar surface area (TPSA) is 75.6 Å². The standard InChI is InChI=1S/C17H23NO4/c1-22-11-10-17(8-2-3-9-17)12-18-15(19)13-4-6-14(7-5-13)16(20)21/h4-7H,2-3,8-12H2,1H3,(H,18,19)(H,20,21). The molecule has 0 aliphatic heterocycles. The molecule has 1 fully saturated rings. The smallest absolute Gasteiger partial charge is 0.335 e. The van der Waals surface area contributed by atoms with E-state index in [-0.39, 0.29) is 16.9 Å². The van der Waals surface area contributed by atoms with E-state index in [1.807, 2.05) is 0 Å². The molecule has 1 aliphatic carbocycles. The number of hydrogen-bond donors (Lipinski definition) is 2. The summed E-state index contributed by atoms with van der Waals surface area (Å²) >= 11 is 0. The number of carbonyl (C=O) groups is 2. The van der Waals surface area contributed by atoms with Crippen molar-refractivity contribution in [2.24, 2.45) is 5.41 Å². The van der Waals surface area contributed by atoms with Gasteiger partial charge in [0.25, 0.3) is 5.91 Å². The van der Waals surface area contributed by atoms with E-state index >= 15 is 0 Å². The minimum absolute atomic E-state index is 0.146. The van der Waals surface area contributed by atoms with Crippen molar-refractivity contribution >= 4 is 11.9 Å². The predicted molar refractivity (Wildman–Crippen MR) is 83.1 cm³/mol. The van der Waals surface area contributed by atoms with E-state index in [0.717, 1.165) is 19.3 Å². The molecule has 1 saturated carbocycles. The summed E-state index contributed by atoms with van der Waals surface area (Å²) in [7, 11) is 1.70. The fraction of sp³-hybridized carbons (Fsp3) is 0.529. The van der Waals surface area contributed by atoms with Crippen LogP contribution in [0.1, 0.15) is 52.8 Å². The second kappa shape index (κ2) is 7.40. The summed E-state index contributed by atoms with van der Waals surface area (Å²) in [5.41, 5.74) is 0.820. The summed E-state index contributed by atoms with van der Waals surface area (Å²) in [5.74, 6) is -1.14. The highest BCUT2D eigenvalue weighted by atomic mass is 16.5. The Morgan fingerprint density at radius 2 is 1.77 bits per heavy atom. The van der Waals surface area contributed by atoms with Crippen LogP contribution < -0.4 is 5.32 Å². The van der Waals surface area contributed by atoms with Gasteiger partial charge in [0.2, 0.25) is 0 Å². The van der Waals surface area contributed by atoms with Gasteiger partial charge in [0.15, 0.2) is 0 Å². The van der Waals surface area contributed by atoms with E-state index in [2.05, 4.69) is 5.32 Å². The maximum absolute atomic E-state index is 12.2. The van der Waals surface area contributed by atoms with Gasteiger partial charge in [0, 0.05) is 25.8 Å². The van der Waals surface area contributed by atoms with E-state index in [1.165, 1.54) is 25.0 Å². The fourth-order valence-corrected chi connectivity index (χ4v) is 3.09. The minimum atomic E-state index is -0.989. The zero-order valence-electron chi connectivity index (χ0n) is 12.9. The van der Waals surface area contributed by atoms with Gasteiger partial charge in [-0.15, -0.1) is 0 Å². The van der Waals surface area contributed by atoms with E-state index < -0.39 is 5.97 Å². The SMILES string of the molecule is COCCC1(CNC(=O)c2ccc(C(=O)O)cc2)CCCC1. The van der Waals surface area contributed by atoms with E-state index in [1.54, 1.807) is 19.2 Å². The van der Waals surface area contributed by atoms with Gasteiger partial charge in [-0.2, -0.15) is 0 Å². The number of carbonyl (C=O) groups excluding carboxylic acids is 1. The number of hydrogen-bond acceptors (Lipinski definition) is 3. The quantitative estimate of drug-likeness (QED) is 0.812. The molecule has 0 unspecified atom stereocenters. The van der Waals surface area contributed by atoms with Crippen LogP contribution in [-0.4, -0.2) is 37.2 Å². The van der Waals surface area contributed by atoms with Crippen molar-refractivity contribution in [2.75, 3.05) is 20.3 Å². The van der Waals surface area contributed by atoms with Crippen LogP contribution in [0.3, 0.4) is 0 Å². The summed E-state index contributed by atoms with van der Waals surface area (Å²) in [5, 5.41) is 11.9. The van der Waals surface area contributed by atoms with Crippen molar-refractivity contribution in [3.05, 3.63) is 35.4 Å². The number of aromatic carboxylic acids is 1. The van der Waals surface area contributed by atoms with E-state index in [0.29, 0.717) is 18.7 Å². The molecule has 2 N–H and O–H groups in total. The predicted octanol–water partition coefficient (Wildman–Crippen LogP) is 2.71. The zero-order valence-corrected chi connectivity index (χ0v) is 12.9. The Hall–Kier alpha value is -1.88. The molecule has 0 radical (unpaired) electrons. The second-order valence-electron chi connectivity index (χ2n) is 6.02. The lowest BCUT2D eigenvalue weighted by Gasteiger charge is -2.29. The highest BCUT2D eigenvalue weighted by molar-refractivity contribution is 5.95. The summed E-state index contributed by atoms with van der Waals surface area (Å²) < 4.78 is 5.19. The van der Waals surface area contributed by atoms with Crippen molar-refractivity contribution in [1.82, 2.24) is 5.32 Å². The molecule has 0 bridgehead atoms. The number of nitrogens with one attached hydrogen (secondary N) is 1. The molecule has 0 aromatic heterocycles. The molecule has 0 spiro atoms. The van der Waals surface area contributed by atoms with Crippen LogP contribution in [0.25, 0.3) is 0 Å². The highest BCUT2D eigenvalue weighted by Crippen LogP contribution is 2.40. The van der Waals surface area contributed by atoms with Gasteiger partial charge in [0.05, 0.1) is 5.56 Å². The van der Waals surface area contributed by atoms with Gasteiger partial charge in [-0.25, -0.2) is 4.79 Å². The first-order valence-electron chi connectivity index (χ1n) is 7.67. The molecule has 5 nitrogen and oxygen atoms in total. The average molecular weight is 305 g/mol. The van der Waals surface area contributed by atoms with Gasteiger partial charge >= 0.3 is 5.97 Å². The largest absolute Gasteiger partial charge is 0.478 e. The Balaban J connectivity index is 1.94. The molecule has 0 atom stereocenters. The Kier molecular flexibility index (Phi) is 5.55. The molecule has 0 heterocycles. The lowest BCUT2D eigenvalue weighted by molar-refractivity contribution is 0.0696. The first kappa shape index (κ1) is 16.5. The second-order valence-corrected chi connectivity index (χ2v) is 6.02. The van der Waals surface area contributed by atoms with Crippen molar-refractivity contribution in [2.45, 2.75) is 32.1 Å². The van der Waals surface area contributed by atoms with Gasteiger partial charge in [-0.1, -0.05) is 12.8 Å². The summed E-state index contributed by atoms with van der Waals surface area (Å²) in [6, 6.07) is 6.01. The monoisotopic (exact) mass is 305 g/mol. The molecule has 1 amide bonds. The summed E-state index contributed by atoms with van der Waals surface area (Å²) in [6.45, 7) is 1.36. The maximum Gasteiger partial charge on any atom is 0.335 e. The molecular formula is C17H23NO4. The number of benzene rings is 1. The molecule has 22 heavy (non-hydrogen) atoms. The Morgan fingerprint density at radius 1 is 1.18 bits per heavy atom. The van der Waals surface area contributed by atoms with E-state index in [9.17, 15) is 9.59 Å². The first-order valence-corrected chi connectivity index (χ1v) is 7.67. The third-order valence-corrected chi connectivity index (χ3v) is 4.52. The van der Waals surface area contributed by atoms with Crippen molar-refractivity contribution in [1.29, 1.82) is 0 Å². The molecule has 5 heteroatoms. The summed E-state index contributed by atoms with van der Waals surface area (Å²) in [6.07, 6.45) is 5.60. The van der Waals surface area contributed by atoms with Crippen LogP contribution in [0.4, 0.5) is 0 Å². The van der Waals surface area contributed by atoms with Crippen LogP contribution in [-0.2, 0) is 4.74 Å². The Labute approximate surface area is 130 Å². The zero-order chi connectivity index (χ0) is 16.0. The van der Waals surface area contributed by atoms with Crippen LogP contribution in [0, 0.1) is 5.41 Å². The van der Waals surface area contributed by atoms with Gasteiger partial charge in [-0.3, -0.25) is 4.79 Å². The number of ether oxygens (including phenoxy) is 1. The molecule has 1 aromatic rings. The fourth-order valence-electron chi connectivity index (χ4n) is 3.09. The molecule has 1 aliphatic rings. The summed E-state index contributed by atoms with van der Waals surface area (Å²) in [4.78, 5) is 23.0. The van der Waals surface area contributed by atoms with Crippen LogP contribution in [0.2, 0.25) is 0 Å². The average Bonchev–Trinajstić information content (AvgIpc) is 3.00. The van der Waals surface area contributed by atoms with E-state index in [4.69, 9.17) is 9.84 Å². The lowest BCUT2D eigenvalue weighted by Crippen LogP contribution is -2.36. The lowest BCUT2D eigenvalue weighted by atomic mass is 9.83. The third kappa shape index (κ3) is 4.07. The molecule has 0 saturated heterocycles. The normalized spacial score (nSPS) is 16.4. The number of methoxy groups -OCH3 is 1. The van der Waals surface area contributed by atoms with Crippen molar-refractivity contribution < 1.29 is 19.4 Å². The number of carboxylic acid groups (broad SMARTS) is 1. The van der Waals surface area contributed by atoms with Gasteiger partial charge in [-0.05, 0) is 48.9 Å². The third-order valence-electron chi connectivity index (χ3n) is 4.52. The first-order chi connectivity index (χ1) is 10.6. The van der Waals surface area contributed by atoms with Gasteiger partial charge in [0.1, 0.15) is 0 Å². The minimum Gasteiger partial charge on any atom is -0.478 e. The Morgan fingerprint density at radius 3 is 2.32 bits per heavy atom. The Bertz CT molecular complexity index is 518. The molecular weight excluding hydrogens is 282 g/mol. The molecule has 120 valence electrons. The van der Waals surface area contributed by atoms with Crippen LogP contribution >= 0.6 is 0 Å². The highest BCUT2D eigenvalue weighted by Gasteiger charge is 2.33. The molecule has 1 aromatic carbocycles. The van der Waals surface area contributed by atoms with Crippen LogP contribution in [0.15, 0.2) is 24.3 Å². The maximum atomic E-state index is 12.2. The number of amides is 1. The molecule has 2 rings (SSSR count).